The normalized spacial score (nSPS) is 14.9. The summed E-state index contributed by atoms with van der Waals surface area (Å²) in [7, 11) is -3.26. The van der Waals surface area contributed by atoms with Gasteiger partial charge in [-0.25, -0.2) is 13.1 Å². The molecule has 72 valence electrons. The molecule has 4 heteroatoms. The zero-order valence-electron chi connectivity index (χ0n) is 8.30. The van der Waals surface area contributed by atoms with E-state index in [2.05, 4.69) is 4.72 Å². The van der Waals surface area contributed by atoms with E-state index >= 15 is 0 Å². The van der Waals surface area contributed by atoms with Crippen LogP contribution in [-0.2, 0) is 10.0 Å². The molecule has 0 amide bonds. The molecule has 0 aliphatic rings. The predicted octanol–water partition coefficient (Wildman–Crippen LogP) is 1.63. The molecule has 0 aliphatic heterocycles. The summed E-state index contributed by atoms with van der Waals surface area (Å²) in [5.74, 6) is 0. The van der Waals surface area contributed by atoms with Crippen molar-refractivity contribution in [1.82, 2.24) is 4.72 Å². The first kappa shape index (κ1) is 11.6. The largest absolute Gasteiger partial charge is 0.236 e. The summed E-state index contributed by atoms with van der Waals surface area (Å²) in [6.45, 7) is 8.72. The van der Waals surface area contributed by atoms with Crippen LogP contribution >= 0.6 is 0 Å². The lowest BCUT2D eigenvalue weighted by Crippen LogP contribution is -2.40. The molecule has 0 rings (SSSR count). The van der Waals surface area contributed by atoms with Crippen LogP contribution in [0.1, 0.15) is 34.6 Å². The number of sulfonamides is 1. The van der Waals surface area contributed by atoms with E-state index in [0.29, 0.717) is 4.91 Å². The molecule has 12 heavy (non-hydrogen) atoms. The number of allylic oxidation sites excluding steroid dienone is 2. The number of hydrogen-bond acceptors (Lipinski definition) is 2. The smallest absolute Gasteiger partial charge is 0.207 e. The highest BCUT2D eigenvalue weighted by Gasteiger charge is 2.20. The summed E-state index contributed by atoms with van der Waals surface area (Å²) < 4.78 is 25.3. The molecule has 0 fully saturated rings. The van der Waals surface area contributed by atoms with E-state index in [9.17, 15) is 8.42 Å². The van der Waals surface area contributed by atoms with E-state index in [0.717, 1.165) is 0 Å². The van der Waals surface area contributed by atoms with Gasteiger partial charge in [0.15, 0.2) is 0 Å². The van der Waals surface area contributed by atoms with Crippen LogP contribution in [0, 0.1) is 0 Å². The van der Waals surface area contributed by atoms with Gasteiger partial charge in [-0.05, 0) is 34.6 Å². The van der Waals surface area contributed by atoms with Gasteiger partial charge in [-0.15, -0.1) is 0 Å². The Hall–Kier alpha value is -0.350. The molecule has 0 atom stereocenters. The van der Waals surface area contributed by atoms with E-state index in [4.69, 9.17) is 0 Å². The van der Waals surface area contributed by atoms with Crippen molar-refractivity contribution in [2.75, 3.05) is 0 Å². The average Bonchev–Trinajstić information content (AvgIpc) is 1.80. The van der Waals surface area contributed by atoms with E-state index in [1.165, 1.54) is 0 Å². The minimum Gasteiger partial charge on any atom is -0.207 e. The highest BCUT2D eigenvalue weighted by Crippen LogP contribution is 2.08. The van der Waals surface area contributed by atoms with E-state index < -0.39 is 15.6 Å². The highest BCUT2D eigenvalue weighted by atomic mass is 32.2. The van der Waals surface area contributed by atoms with Gasteiger partial charge in [-0.2, -0.15) is 0 Å². The van der Waals surface area contributed by atoms with Crippen LogP contribution in [-0.4, -0.2) is 14.0 Å². The number of hydrogen-bond donors (Lipinski definition) is 1. The Bertz CT molecular complexity index is 270. The van der Waals surface area contributed by atoms with E-state index in [-0.39, 0.29) is 0 Å². The standard InChI is InChI=1S/C8H17NO2S/c1-6-7(2)12(10,11)9-8(3,4)5/h6,9H,1-5H3/b7-6+. The molecule has 0 bridgehead atoms. The minimum absolute atomic E-state index is 0.359. The Labute approximate surface area is 74.9 Å². The molecule has 0 spiro atoms. The maximum absolute atomic E-state index is 11.4. The second kappa shape index (κ2) is 3.58. The Morgan fingerprint density at radius 2 is 1.75 bits per heavy atom. The minimum atomic E-state index is -3.26. The van der Waals surface area contributed by atoms with Crippen molar-refractivity contribution in [3.05, 3.63) is 11.0 Å². The Kier molecular flexibility index (Phi) is 3.47. The second-order valence-electron chi connectivity index (χ2n) is 3.75. The molecule has 3 nitrogen and oxygen atoms in total. The first-order valence-corrected chi connectivity index (χ1v) is 5.34. The van der Waals surface area contributed by atoms with Gasteiger partial charge >= 0.3 is 0 Å². The summed E-state index contributed by atoms with van der Waals surface area (Å²) in [5.41, 5.74) is -0.414. The van der Waals surface area contributed by atoms with Crippen LogP contribution in [0.15, 0.2) is 11.0 Å². The monoisotopic (exact) mass is 191 g/mol. The summed E-state index contributed by atoms with van der Waals surface area (Å²) in [5, 5.41) is 0. The van der Waals surface area contributed by atoms with Crippen LogP contribution in [0.4, 0.5) is 0 Å². The van der Waals surface area contributed by atoms with Gasteiger partial charge in [0.05, 0.1) is 4.91 Å². The fourth-order valence-electron chi connectivity index (χ4n) is 0.639. The van der Waals surface area contributed by atoms with Crippen LogP contribution in [0.5, 0.6) is 0 Å². The molecule has 0 aliphatic carbocycles. The Balaban J connectivity index is 4.70. The van der Waals surface area contributed by atoms with Crippen molar-refractivity contribution in [2.24, 2.45) is 0 Å². The van der Waals surface area contributed by atoms with Crippen molar-refractivity contribution >= 4 is 10.0 Å². The molecule has 0 unspecified atom stereocenters. The van der Waals surface area contributed by atoms with Crippen LogP contribution in [0.25, 0.3) is 0 Å². The maximum Gasteiger partial charge on any atom is 0.236 e. The van der Waals surface area contributed by atoms with Gasteiger partial charge in [0.25, 0.3) is 0 Å². The first-order chi connectivity index (χ1) is 5.19. The van der Waals surface area contributed by atoms with E-state index in [1.54, 1.807) is 19.9 Å². The summed E-state index contributed by atoms with van der Waals surface area (Å²) >= 11 is 0. The molecule has 1 N–H and O–H groups in total. The van der Waals surface area contributed by atoms with Crippen LogP contribution in [0.2, 0.25) is 0 Å². The first-order valence-electron chi connectivity index (χ1n) is 3.86. The van der Waals surface area contributed by atoms with Gasteiger partial charge in [0, 0.05) is 5.54 Å². The third kappa shape index (κ3) is 3.88. The molecular formula is C8H17NO2S. The molecule has 0 saturated heterocycles. The zero-order chi connectivity index (χ0) is 9.99. The number of nitrogens with one attached hydrogen (secondary N) is 1. The topological polar surface area (TPSA) is 46.2 Å². The van der Waals surface area contributed by atoms with Gasteiger partial charge in [-0.1, -0.05) is 6.08 Å². The molecular weight excluding hydrogens is 174 g/mol. The van der Waals surface area contributed by atoms with Gasteiger partial charge in [0.2, 0.25) is 10.0 Å². The van der Waals surface area contributed by atoms with Crippen molar-refractivity contribution in [1.29, 1.82) is 0 Å². The molecule has 0 aromatic rings. The molecule has 0 heterocycles. The van der Waals surface area contributed by atoms with Gasteiger partial charge in [0.1, 0.15) is 0 Å². The number of rotatable bonds is 2. The maximum atomic E-state index is 11.4. The Morgan fingerprint density at radius 1 is 1.33 bits per heavy atom. The lowest BCUT2D eigenvalue weighted by atomic mass is 10.1. The zero-order valence-corrected chi connectivity index (χ0v) is 9.12. The van der Waals surface area contributed by atoms with E-state index in [1.807, 2.05) is 20.8 Å². The molecule has 0 aromatic heterocycles. The fraction of sp³-hybridized carbons (Fsp3) is 0.750. The van der Waals surface area contributed by atoms with Gasteiger partial charge in [-0.3, -0.25) is 0 Å². The van der Waals surface area contributed by atoms with Crippen molar-refractivity contribution in [3.63, 3.8) is 0 Å². The Morgan fingerprint density at radius 3 is 2.00 bits per heavy atom. The molecule has 0 saturated carbocycles. The van der Waals surface area contributed by atoms with Crippen molar-refractivity contribution in [3.8, 4) is 0 Å². The average molecular weight is 191 g/mol. The second-order valence-corrected chi connectivity index (χ2v) is 5.61. The highest BCUT2D eigenvalue weighted by molar-refractivity contribution is 7.93. The molecule has 0 radical (unpaired) electrons. The lowest BCUT2D eigenvalue weighted by Gasteiger charge is -2.20. The van der Waals surface area contributed by atoms with Crippen LogP contribution < -0.4 is 4.72 Å². The molecule has 0 aromatic carbocycles. The SMILES string of the molecule is C/C=C(\C)S(=O)(=O)NC(C)(C)C. The third-order valence-corrected chi connectivity index (χ3v) is 3.24. The van der Waals surface area contributed by atoms with Crippen molar-refractivity contribution < 1.29 is 8.42 Å². The quantitative estimate of drug-likeness (QED) is 0.721. The predicted molar refractivity (Wildman–Crippen MR) is 51.2 cm³/mol. The summed E-state index contributed by atoms with van der Waals surface area (Å²) in [4.78, 5) is 0.359. The van der Waals surface area contributed by atoms with Crippen molar-refractivity contribution in [2.45, 2.75) is 40.2 Å². The van der Waals surface area contributed by atoms with Crippen LogP contribution in [0.3, 0.4) is 0 Å². The summed E-state index contributed by atoms with van der Waals surface area (Å²) in [6.07, 6.45) is 1.58. The summed E-state index contributed by atoms with van der Waals surface area (Å²) in [6, 6.07) is 0. The third-order valence-electron chi connectivity index (χ3n) is 1.27. The fourth-order valence-corrected chi connectivity index (χ4v) is 1.92. The van der Waals surface area contributed by atoms with Gasteiger partial charge < -0.3 is 0 Å². The lowest BCUT2D eigenvalue weighted by molar-refractivity contribution is 0.495.